The van der Waals surface area contributed by atoms with E-state index in [9.17, 15) is 20.1 Å². The molecule has 0 saturated heterocycles. The first-order valence-electron chi connectivity index (χ1n) is 4.85. The van der Waals surface area contributed by atoms with Crippen LogP contribution in [0.4, 0.5) is 0 Å². The summed E-state index contributed by atoms with van der Waals surface area (Å²) in [4.78, 5) is 11.4. The number of carbonyl (C=O) groups excluding carboxylic acids is 1. The van der Waals surface area contributed by atoms with Gasteiger partial charge in [-0.3, -0.25) is 4.79 Å². The number of hydrogen-bond acceptors (Lipinski definition) is 5. The Hall–Kier alpha value is -0.273. The Morgan fingerprint density at radius 2 is 1.40 bits per heavy atom. The minimum absolute atomic E-state index is 0.931. The van der Waals surface area contributed by atoms with E-state index in [-0.39, 0.29) is 0 Å². The highest BCUT2D eigenvalue weighted by Crippen LogP contribution is 2.13. The van der Waals surface area contributed by atoms with Crippen molar-refractivity contribution in [3.05, 3.63) is 0 Å². The van der Waals surface area contributed by atoms with E-state index in [0.29, 0.717) is 0 Å². The lowest BCUT2D eigenvalue weighted by Gasteiger charge is -2.28. The van der Waals surface area contributed by atoms with Gasteiger partial charge in [0.05, 0.1) is 19.9 Å². The summed E-state index contributed by atoms with van der Waals surface area (Å²) in [6, 6.07) is 0. The van der Waals surface area contributed by atoms with Crippen molar-refractivity contribution in [1.82, 2.24) is 0 Å². The molecule has 6 heteroatoms. The molecule has 0 heterocycles. The Morgan fingerprint density at radius 1 is 1.00 bits per heavy atom. The van der Waals surface area contributed by atoms with Crippen molar-refractivity contribution in [2.24, 2.45) is 0 Å². The molecule has 0 radical (unpaired) electrons. The molecule has 0 spiro atoms. The lowest BCUT2D eigenvalue weighted by Crippen LogP contribution is -2.53. The summed E-state index contributed by atoms with van der Waals surface area (Å²) >= 11 is 0. The fourth-order valence-electron chi connectivity index (χ4n) is 1.04. The summed E-state index contributed by atoms with van der Waals surface area (Å²) < 4.78 is 0. The zero-order valence-electron chi connectivity index (χ0n) is 9.51. The topological polar surface area (TPSA) is 98.0 Å². The summed E-state index contributed by atoms with van der Waals surface area (Å²) in [6.45, 7) is 6.63. The van der Waals surface area contributed by atoms with Crippen molar-refractivity contribution < 1.29 is 25.2 Å². The molecule has 4 N–H and O–H groups in total. The molecule has 4 atom stereocenters. The molecule has 0 aromatic carbocycles. The molecule has 90 valence electrons. The Morgan fingerprint density at radius 3 is 1.67 bits per heavy atom. The van der Waals surface area contributed by atoms with Crippen molar-refractivity contribution in [1.29, 1.82) is 0 Å². The molecular formula is C9H20O5Si. The number of aliphatic hydroxyl groups excluding tert-OH is 4. The van der Waals surface area contributed by atoms with Crippen LogP contribution in [0.15, 0.2) is 0 Å². The molecule has 5 nitrogen and oxygen atoms in total. The second kappa shape index (κ2) is 5.18. The van der Waals surface area contributed by atoms with Gasteiger partial charge in [0.2, 0.25) is 0 Å². The van der Waals surface area contributed by atoms with Gasteiger partial charge in [0, 0.05) is 0 Å². The normalized spacial score (nSPS) is 20.5. The number of ketones is 1. The van der Waals surface area contributed by atoms with Gasteiger partial charge in [0.25, 0.3) is 0 Å². The quantitative estimate of drug-likeness (QED) is 0.454. The summed E-state index contributed by atoms with van der Waals surface area (Å²) in [5.41, 5.74) is -1.14. The second-order valence-electron chi connectivity index (χ2n) is 4.84. The van der Waals surface area contributed by atoms with Crippen molar-refractivity contribution in [2.75, 3.05) is 0 Å². The van der Waals surface area contributed by atoms with Gasteiger partial charge in [-0.05, 0) is 6.92 Å². The molecule has 0 bridgehead atoms. The fourth-order valence-corrected chi connectivity index (χ4v) is 2.15. The number of aliphatic hydroxyl groups is 4. The minimum atomic E-state index is -2.08. The van der Waals surface area contributed by atoms with E-state index < -0.39 is 37.9 Å². The molecule has 0 aliphatic carbocycles. The van der Waals surface area contributed by atoms with E-state index in [0.717, 1.165) is 0 Å². The molecule has 0 rings (SSSR count). The predicted molar refractivity (Wildman–Crippen MR) is 58.1 cm³/mol. The van der Waals surface area contributed by atoms with Gasteiger partial charge in [-0.15, -0.1) is 0 Å². The van der Waals surface area contributed by atoms with Crippen molar-refractivity contribution >= 4 is 13.9 Å². The smallest absolute Gasteiger partial charge is 0.194 e. The molecule has 0 fully saturated rings. The number of hydrogen-bond donors (Lipinski definition) is 4. The highest BCUT2D eigenvalue weighted by atomic mass is 28.3. The molecule has 0 amide bonds. The first kappa shape index (κ1) is 14.7. The molecule has 1 unspecified atom stereocenters. The maximum Gasteiger partial charge on any atom is 0.194 e. The average Bonchev–Trinajstić information content (AvgIpc) is 2.11. The molecule has 15 heavy (non-hydrogen) atoms. The average molecular weight is 236 g/mol. The standard InChI is InChI=1S/C9H20O5Si/c1-5(10)6(11)7(12)8(13)9(14)15(2,3)4/h5-6,8-11,13-14H,1-4H3/t5-,6-,8+,9?/m1/s1. The van der Waals surface area contributed by atoms with Gasteiger partial charge in [0.15, 0.2) is 5.78 Å². The third-order valence-corrected chi connectivity index (χ3v) is 4.32. The zero-order valence-corrected chi connectivity index (χ0v) is 10.5. The van der Waals surface area contributed by atoms with E-state index in [2.05, 4.69) is 0 Å². The van der Waals surface area contributed by atoms with Crippen LogP contribution in [-0.2, 0) is 4.79 Å². The molecule has 0 aromatic heterocycles. The van der Waals surface area contributed by atoms with Crippen LogP contribution in [0.1, 0.15) is 6.92 Å². The Kier molecular flexibility index (Phi) is 5.08. The van der Waals surface area contributed by atoms with Crippen LogP contribution < -0.4 is 0 Å². The molecular weight excluding hydrogens is 216 g/mol. The fraction of sp³-hybridized carbons (Fsp3) is 0.889. The van der Waals surface area contributed by atoms with Gasteiger partial charge >= 0.3 is 0 Å². The van der Waals surface area contributed by atoms with Gasteiger partial charge < -0.3 is 20.4 Å². The highest BCUT2D eigenvalue weighted by molar-refractivity contribution is 6.77. The van der Waals surface area contributed by atoms with E-state index >= 15 is 0 Å². The third-order valence-electron chi connectivity index (χ3n) is 2.23. The maximum absolute atomic E-state index is 11.4. The van der Waals surface area contributed by atoms with Crippen molar-refractivity contribution in [2.45, 2.75) is 50.6 Å². The van der Waals surface area contributed by atoms with Gasteiger partial charge in [-0.2, -0.15) is 0 Å². The lowest BCUT2D eigenvalue weighted by molar-refractivity contribution is -0.144. The molecule has 0 aromatic rings. The Balaban J connectivity index is 4.59. The van der Waals surface area contributed by atoms with E-state index in [4.69, 9.17) is 5.11 Å². The Bertz CT molecular complexity index is 223. The van der Waals surface area contributed by atoms with Crippen LogP contribution in [0.25, 0.3) is 0 Å². The highest BCUT2D eigenvalue weighted by Gasteiger charge is 2.38. The zero-order chi connectivity index (χ0) is 12.4. The van der Waals surface area contributed by atoms with Crippen LogP contribution in [-0.4, -0.2) is 58.3 Å². The maximum atomic E-state index is 11.4. The summed E-state index contributed by atoms with van der Waals surface area (Å²) in [6.07, 6.45) is -4.52. The van der Waals surface area contributed by atoms with Gasteiger partial charge in [-0.1, -0.05) is 19.6 Å². The summed E-state index contributed by atoms with van der Waals surface area (Å²) in [7, 11) is -2.08. The Labute approximate surface area is 90.4 Å². The largest absolute Gasteiger partial charge is 0.393 e. The van der Waals surface area contributed by atoms with Crippen molar-refractivity contribution in [3.8, 4) is 0 Å². The van der Waals surface area contributed by atoms with Gasteiger partial charge in [0.1, 0.15) is 12.2 Å². The molecule has 0 aliphatic rings. The first-order valence-corrected chi connectivity index (χ1v) is 8.42. The molecule has 0 aliphatic heterocycles. The molecule has 0 saturated carbocycles. The monoisotopic (exact) mass is 236 g/mol. The second-order valence-corrected chi connectivity index (χ2v) is 10.2. The van der Waals surface area contributed by atoms with Crippen LogP contribution in [0.3, 0.4) is 0 Å². The number of rotatable bonds is 5. The lowest BCUT2D eigenvalue weighted by atomic mass is 10.1. The third kappa shape index (κ3) is 4.00. The van der Waals surface area contributed by atoms with E-state index in [1.165, 1.54) is 6.92 Å². The van der Waals surface area contributed by atoms with Crippen LogP contribution >= 0.6 is 0 Å². The minimum Gasteiger partial charge on any atom is -0.393 e. The summed E-state index contributed by atoms with van der Waals surface area (Å²) in [5.74, 6) is -0.931. The van der Waals surface area contributed by atoms with E-state index in [1.807, 2.05) is 0 Å². The number of carbonyl (C=O) groups is 1. The predicted octanol–water partition coefficient (Wildman–Crippen LogP) is -1.10. The number of Topliss-reactive ketones (excluding diaryl/α,β-unsaturated/α-hetero) is 1. The summed E-state index contributed by atoms with van der Waals surface area (Å²) in [5, 5.41) is 37.4. The van der Waals surface area contributed by atoms with Crippen LogP contribution in [0.2, 0.25) is 19.6 Å². The van der Waals surface area contributed by atoms with Gasteiger partial charge in [-0.25, -0.2) is 0 Å². The van der Waals surface area contributed by atoms with Crippen LogP contribution in [0.5, 0.6) is 0 Å². The van der Waals surface area contributed by atoms with Crippen LogP contribution in [0, 0.1) is 0 Å². The first-order chi connectivity index (χ1) is 6.59. The van der Waals surface area contributed by atoms with E-state index in [1.54, 1.807) is 19.6 Å². The van der Waals surface area contributed by atoms with Crippen molar-refractivity contribution in [3.63, 3.8) is 0 Å². The SMILES string of the molecule is C[C@@H](O)[C@@H](O)C(=O)[C@H](O)C(O)[Si](C)(C)C.